The lowest BCUT2D eigenvalue weighted by molar-refractivity contribution is -0.125. The van der Waals surface area contributed by atoms with Gasteiger partial charge in [0.1, 0.15) is 5.82 Å². The van der Waals surface area contributed by atoms with Crippen LogP contribution in [0.4, 0.5) is 5.82 Å². The van der Waals surface area contributed by atoms with E-state index < -0.39 is 10.0 Å². The molecular weight excluding hydrogens is 504 g/mol. The minimum atomic E-state index is -3.80. The molecule has 0 bridgehead atoms. The maximum atomic E-state index is 13.3. The van der Waals surface area contributed by atoms with Crippen LogP contribution in [-0.4, -0.2) is 66.1 Å². The number of benzene rings is 1. The number of halogens is 1. The maximum Gasteiger partial charge on any atom is 0.266 e. The largest absolute Gasteiger partial charge is 0.360 e. The van der Waals surface area contributed by atoms with Gasteiger partial charge in [-0.15, -0.1) is 6.58 Å². The Kier molecular flexibility index (Phi) is 7.82. The number of piperidine rings is 1. The van der Waals surface area contributed by atoms with E-state index in [1.165, 1.54) is 27.2 Å². The Morgan fingerprint density at radius 2 is 2.06 bits per heavy atom. The molecule has 3 aromatic rings. The van der Waals surface area contributed by atoms with Crippen molar-refractivity contribution in [1.29, 1.82) is 0 Å². The molecule has 1 aromatic carbocycles. The number of H-pyrrole nitrogens is 1. The number of rotatable bonds is 9. The van der Waals surface area contributed by atoms with Gasteiger partial charge in [-0.3, -0.25) is 9.59 Å². The van der Waals surface area contributed by atoms with Gasteiger partial charge in [-0.05, 0) is 37.1 Å². The van der Waals surface area contributed by atoms with Crippen molar-refractivity contribution in [2.75, 3.05) is 37.6 Å². The van der Waals surface area contributed by atoms with E-state index in [-0.39, 0.29) is 41.9 Å². The molecule has 1 aliphatic rings. The molecule has 0 atom stereocenters. The molecule has 0 aliphatic carbocycles. The van der Waals surface area contributed by atoms with Crippen molar-refractivity contribution in [1.82, 2.24) is 24.4 Å². The first-order valence-electron chi connectivity index (χ1n) is 11.7. The van der Waals surface area contributed by atoms with Crippen LogP contribution in [0.1, 0.15) is 12.8 Å². The minimum Gasteiger partial charge on any atom is -0.360 e. The summed E-state index contributed by atoms with van der Waals surface area (Å²) in [6.45, 7) is 5.38. The highest BCUT2D eigenvalue weighted by Gasteiger charge is 2.27. The number of fused-ring (bicyclic) bond motifs is 1. The number of aromatic amines is 1. The Morgan fingerprint density at radius 3 is 2.75 bits per heavy atom. The fourth-order valence-electron chi connectivity index (χ4n) is 4.31. The summed E-state index contributed by atoms with van der Waals surface area (Å²) < 4.78 is 29.1. The summed E-state index contributed by atoms with van der Waals surface area (Å²) in [6.07, 6.45) is 4.42. The van der Waals surface area contributed by atoms with Crippen molar-refractivity contribution in [3.05, 3.63) is 64.6 Å². The molecule has 1 saturated heterocycles. The topological polar surface area (TPSA) is 120 Å². The van der Waals surface area contributed by atoms with Crippen molar-refractivity contribution in [3.8, 4) is 0 Å². The van der Waals surface area contributed by atoms with Crippen LogP contribution >= 0.6 is 11.6 Å². The zero-order chi connectivity index (χ0) is 25.9. The van der Waals surface area contributed by atoms with Crippen LogP contribution in [0.25, 0.3) is 10.9 Å². The molecule has 192 valence electrons. The summed E-state index contributed by atoms with van der Waals surface area (Å²) in [5.74, 6) is 0.445. The first kappa shape index (κ1) is 25.9. The van der Waals surface area contributed by atoms with Gasteiger partial charge in [0.15, 0.2) is 0 Å². The number of carbonyl (C=O) groups is 1. The number of hydrogen-bond donors (Lipinski definition) is 2. The quantitative estimate of drug-likeness (QED) is 0.407. The average Bonchev–Trinajstić information content (AvgIpc) is 3.25. The average molecular weight is 533 g/mol. The lowest BCUT2D eigenvalue weighted by Gasteiger charge is -2.32. The van der Waals surface area contributed by atoms with E-state index in [0.29, 0.717) is 42.3 Å². The second-order valence-electron chi connectivity index (χ2n) is 8.70. The third-order valence-corrected chi connectivity index (χ3v) is 8.54. The summed E-state index contributed by atoms with van der Waals surface area (Å²) in [5, 5.41) is 8.43. The van der Waals surface area contributed by atoms with Crippen LogP contribution in [0.3, 0.4) is 0 Å². The smallest absolute Gasteiger partial charge is 0.266 e. The number of hydrogen-bond acceptors (Lipinski definition) is 6. The molecule has 36 heavy (non-hydrogen) atoms. The van der Waals surface area contributed by atoms with E-state index in [2.05, 4.69) is 26.9 Å². The van der Waals surface area contributed by atoms with E-state index >= 15 is 0 Å². The molecule has 1 aliphatic heterocycles. The summed E-state index contributed by atoms with van der Waals surface area (Å²) in [5.41, 5.74) is 0.460. The van der Waals surface area contributed by atoms with Gasteiger partial charge in [-0.2, -0.15) is 9.40 Å². The molecule has 1 fully saturated rings. The van der Waals surface area contributed by atoms with Gasteiger partial charge >= 0.3 is 0 Å². The summed E-state index contributed by atoms with van der Waals surface area (Å²) >= 11 is 6.10. The highest BCUT2D eigenvalue weighted by molar-refractivity contribution is 7.89. The van der Waals surface area contributed by atoms with Crippen LogP contribution in [0.5, 0.6) is 0 Å². The standard InChI is InChI=1S/C24H29ClN6O4S/c1-3-11-31(36(34,35)18-4-5-19-20(25)16-27-21(19)15-18)14-10-26-24(33)17-8-12-30(13-9-17)22-6-7-23(32)29(2)28-22/h3-7,15-17,27H,1,8-14H2,2H3,(H,26,33). The van der Waals surface area contributed by atoms with Crippen LogP contribution in [0, 0.1) is 5.92 Å². The first-order chi connectivity index (χ1) is 17.2. The van der Waals surface area contributed by atoms with Crippen molar-refractivity contribution < 1.29 is 13.2 Å². The first-order valence-corrected chi connectivity index (χ1v) is 13.5. The minimum absolute atomic E-state index is 0.0959. The maximum absolute atomic E-state index is 13.3. The van der Waals surface area contributed by atoms with Gasteiger partial charge in [0.05, 0.1) is 9.92 Å². The zero-order valence-corrected chi connectivity index (χ0v) is 21.6. The Labute approximate surface area is 214 Å². The molecule has 3 heterocycles. The van der Waals surface area contributed by atoms with Gasteiger partial charge in [0, 0.05) is 68.9 Å². The van der Waals surface area contributed by atoms with Gasteiger partial charge in [-0.25, -0.2) is 13.1 Å². The van der Waals surface area contributed by atoms with Gasteiger partial charge in [-0.1, -0.05) is 17.7 Å². The number of amides is 1. The van der Waals surface area contributed by atoms with E-state index in [9.17, 15) is 18.0 Å². The Morgan fingerprint density at radius 1 is 1.31 bits per heavy atom. The Bertz CT molecular complexity index is 1430. The number of aromatic nitrogens is 3. The number of anilines is 1. The third kappa shape index (κ3) is 5.48. The molecular formula is C24H29ClN6O4S. The SMILES string of the molecule is C=CCN(CCNC(=O)C1CCN(c2ccc(=O)n(C)n2)CC1)S(=O)(=O)c1ccc2c(Cl)c[nH]c2c1. The monoisotopic (exact) mass is 532 g/mol. The second-order valence-corrected chi connectivity index (χ2v) is 11.0. The molecule has 2 aromatic heterocycles. The molecule has 10 nitrogen and oxygen atoms in total. The van der Waals surface area contributed by atoms with Crippen molar-refractivity contribution in [2.24, 2.45) is 13.0 Å². The van der Waals surface area contributed by atoms with Gasteiger partial charge < -0.3 is 15.2 Å². The molecule has 0 unspecified atom stereocenters. The Hall–Kier alpha value is -3.15. The van der Waals surface area contributed by atoms with Crippen molar-refractivity contribution >= 4 is 44.3 Å². The van der Waals surface area contributed by atoms with Crippen molar-refractivity contribution in [3.63, 3.8) is 0 Å². The Balaban J connectivity index is 1.33. The molecule has 4 rings (SSSR count). The zero-order valence-electron chi connectivity index (χ0n) is 20.0. The van der Waals surface area contributed by atoms with Gasteiger partial charge in [0.2, 0.25) is 15.9 Å². The lowest BCUT2D eigenvalue weighted by atomic mass is 9.96. The summed E-state index contributed by atoms with van der Waals surface area (Å²) in [6, 6.07) is 7.93. The van der Waals surface area contributed by atoms with E-state index in [1.807, 2.05) is 0 Å². The number of nitrogens with zero attached hydrogens (tertiary/aromatic N) is 4. The summed E-state index contributed by atoms with van der Waals surface area (Å²) in [7, 11) is -2.20. The molecule has 0 spiro atoms. The fourth-order valence-corrected chi connectivity index (χ4v) is 5.97. The highest BCUT2D eigenvalue weighted by atomic mass is 35.5. The predicted molar refractivity (Wildman–Crippen MR) is 140 cm³/mol. The number of sulfonamides is 1. The van der Waals surface area contributed by atoms with E-state index in [4.69, 9.17) is 11.6 Å². The van der Waals surface area contributed by atoms with Crippen LogP contribution in [0.15, 0.2) is 58.9 Å². The molecule has 0 radical (unpaired) electrons. The molecule has 12 heteroatoms. The predicted octanol–water partition coefficient (Wildman–Crippen LogP) is 2.12. The van der Waals surface area contributed by atoms with Crippen LogP contribution in [-0.2, 0) is 21.9 Å². The van der Waals surface area contributed by atoms with Crippen molar-refractivity contribution in [2.45, 2.75) is 17.7 Å². The van der Waals surface area contributed by atoms with Crippen LogP contribution in [0.2, 0.25) is 5.02 Å². The lowest BCUT2D eigenvalue weighted by Crippen LogP contribution is -2.44. The van der Waals surface area contributed by atoms with E-state index in [1.54, 1.807) is 31.4 Å². The number of carbonyl (C=O) groups excluding carboxylic acids is 1. The molecule has 1 amide bonds. The molecule has 0 saturated carbocycles. The summed E-state index contributed by atoms with van der Waals surface area (Å²) in [4.78, 5) is 29.5. The number of aryl methyl sites for hydroxylation is 1. The van der Waals surface area contributed by atoms with Gasteiger partial charge in [0.25, 0.3) is 5.56 Å². The second kappa shape index (κ2) is 10.9. The molecule has 2 N–H and O–H groups in total. The van der Waals surface area contributed by atoms with Crippen LogP contribution < -0.4 is 15.8 Å². The van der Waals surface area contributed by atoms with E-state index in [0.717, 1.165) is 5.39 Å². The number of nitrogens with one attached hydrogen (secondary N) is 2. The highest BCUT2D eigenvalue weighted by Crippen LogP contribution is 2.27. The normalized spacial score (nSPS) is 14.9. The third-order valence-electron chi connectivity index (χ3n) is 6.37. The fraction of sp³-hybridized carbons (Fsp3) is 0.375.